The predicted octanol–water partition coefficient (Wildman–Crippen LogP) is 3.39. The molecule has 138 valence electrons. The maximum atomic E-state index is 13.9. The zero-order valence-corrected chi connectivity index (χ0v) is 15.2. The van der Waals surface area contributed by atoms with Gasteiger partial charge in [-0.05, 0) is 12.1 Å². The van der Waals surface area contributed by atoms with E-state index in [2.05, 4.69) is 20.0 Å². The van der Waals surface area contributed by atoms with Crippen molar-refractivity contribution in [3.8, 4) is 11.1 Å². The highest BCUT2D eigenvalue weighted by molar-refractivity contribution is 7.90. The second-order valence-electron chi connectivity index (χ2n) is 5.60. The van der Waals surface area contributed by atoms with E-state index >= 15 is 0 Å². The summed E-state index contributed by atoms with van der Waals surface area (Å²) in [5.74, 6) is -0.266. The van der Waals surface area contributed by atoms with Gasteiger partial charge in [-0.25, -0.2) is 27.5 Å². The van der Waals surface area contributed by atoms with Gasteiger partial charge in [-0.1, -0.05) is 35.9 Å². The topological polar surface area (TPSA) is 96.6 Å². The molecule has 4 rings (SSSR count). The Kier molecular flexibility index (Phi) is 4.33. The quantitative estimate of drug-likeness (QED) is 0.695. The monoisotopic (exact) mass is 406 g/mol. The summed E-state index contributed by atoms with van der Waals surface area (Å²) in [6, 6.07) is 9.00. The van der Waals surface area contributed by atoms with E-state index in [-0.39, 0.29) is 28.1 Å². The molecule has 0 saturated carbocycles. The van der Waals surface area contributed by atoms with Crippen LogP contribution >= 0.6 is 11.6 Å². The molecule has 0 unspecified atom stereocenters. The summed E-state index contributed by atoms with van der Waals surface area (Å²) >= 11 is 6.09. The van der Waals surface area contributed by atoms with E-state index in [4.69, 9.17) is 16.0 Å². The first-order valence-electron chi connectivity index (χ1n) is 7.76. The SMILES string of the molecule is O=S1(=O)NC(=NCc2ncco2)Nc2c(-c3cccc(F)c3Cl)cccc21. The average molecular weight is 407 g/mol. The molecule has 1 aromatic heterocycles. The summed E-state index contributed by atoms with van der Waals surface area (Å²) < 4.78 is 46.5. The average Bonchev–Trinajstić information content (AvgIpc) is 3.15. The van der Waals surface area contributed by atoms with Crippen molar-refractivity contribution in [2.45, 2.75) is 11.4 Å². The van der Waals surface area contributed by atoms with Gasteiger partial charge in [0.25, 0.3) is 10.0 Å². The highest BCUT2D eigenvalue weighted by Crippen LogP contribution is 2.39. The lowest BCUT2D eigenvalue weighted by Gasteiger charge is -2.24. The fraction of sp³-hybridized carbons (Fsp3) is 0.0588. The second kappa shape index (κ2) is 6.67. The van der Waals surface area contributed by atoms with Gasteiger partial charge in [0.05, 0.1) is 16.9 Å². The molecule has 0 spiro atoms. The summed E-state index contributed by atoms with van der Waals surface area (Å²) in [7, 11) is -3.87. The Labute approximate surface area is 159 Å². The number of nitrogens with zero attached hydrogens (tertiary/aromatic N) is 2. The van der Waals surface area contributed by atoms with E-state index in [0.717, 1.165) is 0 Å². The lowest BCUT2D eigenvalue weighted by Crippen LogP contribution is -2.41. The number of hydrogen-bond acceptors (Lipinski definition) is 5. The van der Waals surface area contributed by atoms with Gasteiger partial charge >= 0.3 is 0 Å². The van der Waals surface area contributed by atoms with E-state index < -0.39 is 15.8 Å². The van der Waals surface area contributed by atoms with E-state index in [1.165, 1.54) is 30.7 Å². The lowest BCUT2D eigenvalue weighted by atomic mass is 10.0. The first-order chi connectivity index (χ1) is 13.0. The smallest absolute Gasteiger partial charge is 0.266 e. The molecule has 0 atom stereocenters. The number of rotatable bonds is 3. The van der Waals surface area contributed by atoms with E-state index in [0.29, 0.717) is 17.0 Å². The number of hydrogen-bond donors (Lipinski definition) is 2. The lowest BCUT2D eigenvalue weighted by molar-refractivity contribution is 0.498. The number of aliphatic imine (C=N–C) groups is 1. The number of halogens is 2. The highest BCUT2D eigenvalue weighted by atomic mass is 35.5. The largest absolute Gasteiger partial charge is 0.447 e. The summed E-state index contributed by atoms with van der Waals surface area (Å²) in [6.45, 7) is 0.0378. The van der Waals surface area contributed by atoms with Crippen LogP contribution in [0.3, 0.4) is 0 Å². The number of para-hydroxylation sites is 1. The fourth-order valence-corrected chi connectivity index (χ4v) is 4.09. The zero-order chi connectivity index (χ0) is 19.0. The summed E-state index contributed by atoms with van der Waals surface area (Å²) in [5, 5.41) is 2.84. The molecule has 3 aromatic rings. The third-order valence-electron chi connectivity index (χ3n) is 3.89. The van der Waals surface area contributed by atoms with Crippen molar-refractivity contribution in [3.05, 3.63) is 65.6 Å². The second-order valence-corrected chi connectivity index (χ2v) is 7.63. The first kappa shape index (κ1) is 17.5. The number of nitrogens with one attached hydrogen (secondary N) is 2. The zero-order valence-electron chi connectivity index (χ0n) is 13.6. The van der Waals surface area contributed by atoms with Crippen LogP contribution in [0, 0.1) is 5.82 Å². The Morgan fingerprint density at radius 3 is 2.74 bits per heavy atom. The number of anilines is 1. The molecule has 2 heterocycles. The van der Waals surface area contributed by atoms with Crippen molar-refractivity contribution in [2.24, 2.45) is 4.99 Å². The van der Waals surface area contributed by atoms with Gasteiger partial charge in [0.15, 0.2) is 0 Å². The van der Waals surface area contributed by atoms with Gasteiger partial charge in [0, 0.05) is 11.1 Å². The molecule has 1 aliphatic heterocycles. The number of guanidine groups is 1. The van der Waals surface area contributed by atoms with Crippen LogP contribution in [0.4, 0.5) is 10.1 Å². The molecular formula is C17H12ClFN4O3S. The van der Waals surface area contributed by atoms with E-state index in [9.17, 15) is 12.8 Å². The number of fused-ring (bicyclic) bond motifs is 1. The van der Waals surface area contributed by atoms with Crippen molar-refractivity contribution in [3.63, 3.8) is 0 Å². The minimum Gasteiger partial charge on any atom is -0.447 e. The molecule has 2 N–H and O–H groups in total. The molecule has 0 saturated heterocycles. The van der Waals surface area contributed by atoms with Crippen molar-refractivity contribution in [2.75, 3.05) is 5.32 Å². The first-order valence-corrected chi connectivity index (χ1v) is 9.62. The predicted molar refractivity (Wildman–Crippen MR) is 98.4 cm³/mol. The van der Waals surface area contributed by atoms with E-state index in [1.54, 1.807) is 18.2 Å². The number of benzene rings is 2. The molecule has 27 heavy (non-hydrogen) atoms. The Morgan fingerprint density at radius 2 is 1.96 bits per heavy atom. The highest BCUT2D eigenvalue weighted by Gasteiger charge is 2.29. The molecule has 0 aliphatic carbocycles. The van der Waals surface area contributed by atoms with Gasteiger partial charge in [-0.3, -0.25) is 0 Å². The summed E-state index contributed by atoms with van der Waals surface area (Å²) in [5.41, 5.74) is 1.06. The van der Waals surface area contributed by atoms with Crippen LogP contribution in [-0.2, 0) is 16.6 Å². The van der Waals surface area contributed by atoms with Gasteiger partial charge in [-0.2, -0.15) is 0 Å². The molecular weight excluding hydrogens is 395 g/mol. The van der Waals surface area contributed by atoms with Crippen LogP contribution in [0.2, 0.25) is 5.02 Å². The molecule has 1 aliphatic rings. The van der Waals surface area contributed by atoms with Gasteiger partial charge in [0.2, 0.25) is 11.9 Å². The third-order valence-corrected chi connectivity index (χ3v) is 5.65. The normalized spacial score (nSPS) is 16.4. The summed E-state index contributed by atoms with van der Waals surface area (Å²) in [6.07, 6.45) is 2.86. The molecule has 7 nitrogen and oxygen atoms in total. The van der Waals surface area contributed by atoms with Crippen molar-refractivity contribution in [1.29, 1.82) is 0 Å². The minimum absolute atomic E-state index is 0.000625. The van der Waals surface area contributed by atoms with Crippen LogP contribution in [-0.4, -0.2) is 19.4 Å². The Bertz CT molecular complexity index is 1150. The van der Waals surface area contributed by atoms with Crippen LogP contribution in [0.1, 0.15) is 5.89 Å². The fourth-order valence-electron chi connectivity index (χ4n) is 2.70. The van der Waals surface area contributed by atoms with Crippen LogP contribution in [0.15, 0.2) is 63.2 Å². The number of sulfonamides is 1. The van der Waals surface area contributed by atoms with E-state index in [1.807, 2.05) is 0 Å². The molecule has 0 fully saturated rings. The molecule has 10 heteroatoms. The molecule has 0 bridgehead atoms. The van der Waals surface area contributed by atoms with Crippen molar-refractivity contribution in [1.82, 2.24) is 9.71 Å². The Morgan fingerprint density at radius 1 is 1.19 bits per heavy atom. The van der Waals surface area contributed by atoms with Crippen molar-refractivity contribution < 1.29 is 17.2 Å². The Balaban J connectivity index is 1.81. The van der Waals surface area contributed by atoms with Crippen LogP contribution in [0.5, 0.6) is 0 Å². The molecule has 2 aromatic carbocycles. The number of oxazole rings is 1. The third kappa shape index (κ3) is 3.26. The molecule has 0 radical (unpaired) electrons. The standard InChI is InChI=1S/C17H12ClFN4O3S/c18-15-10(3-1-5-12(15)19)11-4-2-6-13-16(11)22-17(23-27(13,24)25)21-9-14-20-7-8-26-14/h1-8H,9H2,(H2,21,22,23). The molecule has 0 amide bonds. The van der Waals surface area contributed by atoms with Gasteiger partial charge < -0.3 is 9.73 Å². The Hall–Kier alpha value is -2.91. The maximum Gasteiger partial charge on any atom is 0.266 e. The van der Waals surface area contributed by atoms with Gasteiger partial charge in [0.1, 0.15) is 23.5 Å². The van der Waals surface area contributed by atoms with Gasteiger partial charge in [-0.15, -0.1) is 0 Å². The minimum atomic E-state index is -3.87. The number of aromatic nitrogens is 1. The van der Waals surface area contributed by atoms with Crippen LogP contribution in [0.25, 0.3) is 11.1 Å². The van der Waals surface area contributed by atoms with Crippen LogP contribution < -0.4 is 10.0 Å². The van der Waals surface area contributed by atoms with Crippen molar-refractivity contribution >= 4 is 33.3 Å². The maximum absolute atomic E-state index is 13.9. The summed E-state index contributed by atoms with van der Waals surface area (Å²) in [4.78, 5) is 8.09.